The lowest BCUT2D eigenvalue weighted by Gasteiger charge is -2.19. The minimum atomic E-state index is -0.874. The molecule has 0 aliphatic heterocycles. The van der Waals surface area contributed by atoms with Gasteiger partial charge in [0, 0.05) is 6.42 Å². The number of carbonyl (C=O) groups is 1. The summed E-state index contributed by atoms with van der Waals surface area (Å²) in [7, 11) is 0. The maximum absolute atomic E-state index is 12.5. The Morgan fingerprint density at radius 1 is 0.324 bits per heavy atom. The van der Waals surface area contributed by atoms with E-state index in [4.69, 9.17) is 0 Å². The molecule has 0 fully saturated rings. The molecule has 2 unspecified atom stereocenters. The van der Waals surface area contributed by atoms with Gasteiger partial charge in [-0.1, -0.05) is 331 Å². The molecule has 0 heterocycles. The summed E-state index contributed by atoms with van der Waals surface area (Å²) >= 11 is 0. The van der Waals surface area contributed by atoms with E-state index in [-0.39, 0.29) is 12.5 Å². The number of hydrogen-bond donors (Lipinski definition) is 3. The summed E-state index contributed by atoms with van der Waals surface area (Å²) in [6.07, 6.45) is 94.0. The van der Waals surface area contributed by atoms with Crippen molar-refractivity contribution in [3.8, 4) is 0 Å². The summed E-state index contributed by atoms with van der Waals surface area (Å²) < 4.78 is 0. The maximum atomic E-state index is 12.5. The Labute approximate surface area is 463 Å². The molecule has 0 rings (SSSR count). The summed E-state index contributed by atoms with van der Waals surface area (Å²) in [6, 6.07) is -0.649. The fourth-order valence-electron chi connectivity index (χ4n) is 10.1. The van der Waals surface area contributed by atoms with Gasteiger partial charge in [0.05, 0.1) is 18.8 Å². The number of aliphatic hydroxyl groups excluding tert-OH is 2. The van der Waals surface area contributed by atoms with Crippen LogP contribution >= 0.6 is 0 Å². The molecule has 0 aromatic heterocycles. The number of allylic oxidation sites excluding steroid dienone is 11. The Hall–Kier alpha value is -2.17. The van der Waals surface area contributed by atoms with Crippen molar-refractivity contribution in [1.29, 1.82) is 0 Å². The highest BCUT2D eigenvalue weighted by Crippen LogP contribution is 2.18. The van der Waals surface area contributed by atoms with Crippen molar-refractivity contribution in [2.24, 2.45) is 0 Å². The fraction of sp³-hybridized carbons (Fsp3) is 0.814. The van der Waals surface area contributed by atoms with Crippen molar-refractivity contribution in [3.05, 3.63) is 72.9 Å². The third-order valence-corrected chi connectivity index (χ3v) is 15.1. The zero-order valence-electron chi connectivity index (χ0n) is 49.9. The van der Waals surface area contributed by atoms with Gasteiger partial charge in [-0.25, -0.2) is 0 Å². The summed E-state index contributed by atoms with van der Waals surface area (Å²) in [5, 5.41) is 23.2. The zero-order chi connectivity index (χ0) is 53.4. The minimum Gasteiger partial charge on any atom is -0.394 e. The van der Waals surface area contributed by atoms with Crippen molar-refractivity contribution in [1.82, 2.24) is 5.32 Å². The number of rotatable bonds is 61. The summed E-state index contributed by atoms with van der Waals surface area (Å²) in [5.74, 6) is -0.0744. The summed E-state index contributed by atoms with van der Waals surface area (Å²) in [5.41, 5.74) is 0. The van der Waals surface area contributed by atoms with Gasteiger partial charge in [0.25, 0.3) is 0 Å². The molecule has 0 aliphatic rings. The lowest BCUT2D eigenvalue weighted by atomic mass is 10.0. The SMILES string of the molecule is CCCCCCC/C=C\C/C=C\C/C=C\CCCCCCCCCCCCCCCCCCCCC(=O)NC(CO)C(O)/C=C/CC/C=C/CC/C=C/CCCCCCCCCCCCCCCCCCCCC. The van der Waals surface area contributed by atoms with Gasteiger partial charge in [0.2, 0.25) is 5.91 Å². The van der Waals surface area contributed by atoms with Crippen LogP contribution in [-0.2, 0) is 4.79 Å². The van der Waals surface area contributed by atoms with Gasteiger partial charge in [-0.3, -0.25) is 4.79 Å². The lowest BCUT2D eigenvalue weighted by molar-refractivity contribution is -0.123. The Kier molecular flexibility index (Phi) is 63.2. The van der Waals surface area contributed by atoms with Gasteiger partial charge < -0.3 is 15.5 Å². The van der Waals surface area contributed by atoms with Crippen LogP contribution in [0, 0.1) is 0 Å². The monoisotopic (exact) mass is 1030 g/mol. The van der Waals surface area contributed by atoms with Gasteiger partial charge >= 0.3 is 0 Å². The number of hydrogen-bond acceptors (Lipinski definition) is 3. The Morgan fingerprint density at radius 3 is 0.878 bits per heavy atom. The molecule has 0 aromatic carbocycles. The molecule has 432 valence electrons. The second kappa shape index (κ2) is 65.1. The van der Waals surface area contributed by atoms with Crippen LogP contribution in [0.5, 0.6) is 0 Å². The molecule has 0 aliphatic carbocycles. The third-order valence-electron chi connectivity index (χ3n) is 15.1. The van der Waals surface area contributed by atoms with E-state index in [9.17, 15) is 15.0 Å². The molecule has 0 saturated heterocycles. The number of nitrogens with one attached hydrogen (secondary N) is 1. The first kappa shape index (κ1) is 71.8. The first-order valence-electron chi connectivity index (χ1n) is 33.2. The smallest absolute Gasteiger partial charge is 0.220 e. The molecule has 2 atom stereocenters. The standard InChI is InChI=1S/C70H129NO3/c1-3-5-7-9-11-13-15-17-19-21-23-25-27-29-31-33-34-35-36-38-40-42-44-46-48-50-52-54-56-58-60-62-64-66-70(74)71-68(67-72)69(73)65-63-61-59-57-55-53-51-49-47-45-43-41-39-37-32-30-28-26-24-22-20-18-16-14-12-10-8-6-4-2/h15,17,21,23,27,29,47,49,55,57,63,65,68-69,72-73H,3-14,16,18-20,22,24-26,28,30-46,48,50-54,56,58-62,64,66-67H2,1-2H3,(H,71,74)/b17-15-,23-21-,29-27-,49-47+,57-55+,65-63+. The predicted molar refractivity (Wildman–Crippen MR) is 331 cm³/mol. The summed E-state index contributed by atoms with van der Waals surface area (Å²) in [4.78, 5) is 12.5. The average Bonchev–Trinajstić information content (AvgIpc) is 3.40. The van der Waals surface area contributed by atoms with Crippen molar-refractivity contribution in [2.75, 3.05) is 6.61 Å². The Morgan fingerprint density at radius 2 is 0.568 bits per heavy atom. The third kappa shape index (κ3) is 60.7. The van der Waals surface area contributed by atoms with Gasteiger partial charge in [-0.05, 0) is 83.5 Å². The maximum Gasteiger partial charge on any atom is 0.220 e. The zero-order valence-corrected chi connectivity index (χ0v) is 49.9. The second-order valence-electron chi connectivity index (χ2n) is 22.5. The van der Waals surface area contributed by atoms with Crippen LogP contribution < -0.4 is 5.32 Å². The topological polar surface area (TPSA) is 69.6 Å². The van der Waals surface area contributed by atoms with Crippen LogP contribution in [0.1, 0.15) is 348 Å². The molecule has 4 nitrogen and oxygen atoms in total. The molecule has 0 radical (unpaired) electrons. The molecule has 3 N–H and O–H groups in total. The van der Waals surface area contributed by atoms with Crippen molar-refractivity contribution in [3.63, 3.8) is 0 Å². The molecule has 0 aromatic rings. The van der Waals surface area contributed by atoms with Crippen LogP contribution in [0.25, 0.3) is 0 Å². The van der Waals surface area contributed by atoms with E-state index in [1.165, 1.54) is 276 Å². The molecule has 74 heavy (non-hydrogen) atoms. The van der Waals surface area contributed by atoms with Gasteiger partial charge in [-0.15, -0.1) is 0 Å². The minimum absolute atomic E-state index is 0.0744. The van der Waals surface area contributed by atoms with Crippen LogP contribution in [-0.4, -0.2) is 34.9 Å². The predicted octanol–water partition coefficient (Wildman–Crippen LogP) is 22.5. The number of unbranched alkanes of at least 4 members (excludes halogenated alkanes) is 44. The molecular weight excluding hydrogens is 903 g/mol. The molecule has 4 heteroatoms. The van der Waals surface area contributed by atoms with Gasteiger partial charge in [-0.2, -0.15) is 0 Å². The van der Waals surface area contributed by atoms with Crippen molar-refractivity contribution >= 4 is 5.91 Å². The second-order valence-corrected chi connectivity index (χ2v) is 22.5. The number of carbonyl (C=O) groups excluding carboxylic acids is 1. The van der Waals surface area contributed by atoms with Crippen LogP contribution in [0.4, 0.5) is 0 Å². The van der Waals surface area contributed by atoms with E-state index in [1.807, 2.05) is 6.08 Å². The molecule has 0 saturated carbocycles. The largest absolute Gasteiger partial charge is 0.394 e. The molecular formula is C70H129NO3. The van der Waals surface area contributed by atoms with Crippen molar-refractivity contribution in [2.45, 2.75) is 360 Å². The molecule has 0 bridgehead atoms. The average molecular weight is 1030 g/mol. The van der Waals surface area contributed by atoms with Crippen LogP contribution in [0.3, 0.4) is 0 Å². The Balaban J connectivity index is 3.51. The van der Waals surface area contributed by atoms with Crippen molar-refractivity contribution < 1.29 is 15.0 Å². The first-order valence-corrected chi connectivity index (χ1v) is 33.2. The van der Waals surface area contributed by atoms with Gasteiger partial charge in [0.15, 0.2) is 0 Å². The van der Waals surface area contributed by atoms with E-state index in [0.717, 1.165) is 51.4 Å². The fourth-order valence-corrected chi connectivity index (χ4v) is 10.1. The van der Waals surface area contributed by atoms with E-state index < -0.39 is 12.1 Å². The van der Waals surface area contributed by atoms with E-state index in [0.29, 0.717) is 6.42 Å². The lowest BCUT2D eigenvalue weighted by Crippen LogP contribution is -2.45. The van der Waals surface area contributed by atoms with E-state index in [1.54, 1.807) is 6.08 Å². The highest BCUT2D eigenvalue weighted by Gasteiger charge is 2.18. The molecule has 0 spiro atoms. The van der Waals surface area contributed by atoms with Crippen LogP contribution in [0.2, 0.25) is 0 Å². The van der Waals surface area contributed by atoms with E-state index >= 15 is 0 Å². The van der Waals surface area contributed by atoms with Gasteiger partial charge in [0.1, 0.15) is 0 Å². The Bertz CT molecular complexity index is 1260. The highest BCUT2D eigenvalue weighted by atomic mass is 16.3. The highest BCUT2D eigenvalue weighted by molar-refractivity contribution is 5.76. The van der Waals surface area contributed by atoms with E-state index in [2.05, 4.69) is 79.9 Å². The number of aliphatic hydroxyl groups is 2. The number of amides is 1. The summed E-state index contributed by atoms with van der Waals surface area (Å²) in [6.45, 7) is 4.31. The quantitative estimate of drug-likeness (QED) is 0.0420. The first-order chi connectivity index (χ1) is 36.7. The molecule has 1 amide bonds. The van der Waals surface area contributed by atoms with Crippen LogP contribution in [0.15, 0.2) is 72.9 Å². The normalized spacial score (nSPS) is 13.2.